The Morgan fingerprint density at radius 2 is 1.95 bits per heavy atom. The first kappa shape index (κ1) is 13.4. The maximum atomic E-state index is 11.9. The van der Waals surface area contributed by atoms with Gasteiger partial charge in [-0.15, -0.1) is 0 Å². The van der Waals surface area contributed by atoms with Crippen LogP contribution in [0.2, 0.25) is 0 Å². The molecule has 0 unspecified atom stereocenters. The molecular formula is C15H17NO3. The Kier molecular flexibility index (Phi) is 3.71. The van der Waals surface area contributed by atoms with Gasteiger partial charge in [0, 0.05) is 18.3 Å². The first-order valence-corrected chi connectivity index (χ1v) is 6.04. The van der Waals surface area contributed by atoms with Crippen LogP contribution in [0.5, 0.6) is 5.75 Å². The Balaban J connectivity index is 2.72. The fourth-order valence-electron chi connectivity index (χ4n) is 2.30. The Hall–Kier alpha value is -2.07. The molecule has 0 aliphatic rings. The Labute approximate surface area is 112 Å². The molecule has 0 aliphatic carbocycles. The van der Waals surface area contributed by atoms with Crippen LogP contribution in [0.3, 0.4) is 0 Å². The minimum Gasteiger partial charge on any atom is -0.494 e. The molecular weight excluding hydrogens is 242 g/mol. The van der Waals surface area contributed by atoms with E-state index in [9.17, 15) is 4.79 Å². The van der Waals surface area contributed by atoms with E-state index in [1.165, 1.54) is 7.11 Å². The van der Waals surface area contributed by atoms with Crippen LogP contribution < -0.4 is 4.74 Å². The largest absolute Gasteiger partial charge is 0.494 e. The third-order valence-electron chi connectivity index (χ3n) is 3.32. The van der Waals surface area contributed by atoms with Crippen molar-refractivity contribution in [1.29, 1.82) is 0 Å². The second-order valence-corrected chi connectivity index (χ2v) is 4.35. The summed E-state index contributed by atoms with van der Waals surface area (Å²) in [6.45, 7) is 1.33. The Morgan fingerprint density at radius 1 is 1.32 bits per heavy atom. The van der Waals surface area contributed by atoms with Crippen molar-refractivity contribution in [3.8, 4) is 17.0 Å². The van der Waals surface area contributed by atoms with Crippen LogP contribution in [-0.2, 0) is 7.05 Å². The van der Waals surface area contributed by atoms with Crippen molar-refractivity contribution in [2.24, 2.45) is 7.05 Å². The number of hydrogen-bond donors (Lipinski definition) is 1. The summed E-state index contributed by atoms with van der Waals surface area (Å²) < 4.78 is 7.32. The molecule has 100 valence electrons. The van der Waals surface area contributed by atoms with Crippen LogP contribution in [-0.4, -0.2) is 29.2 Å². The normalized spacial score (nSPS) is 10.5. The Bertz CT molecular complexity index is 600. The lowest BCUT2D eigenvalue weighted by Gasteiger charge is -2.07. The van der Waals surface area contributed by atoms with E-state index in [-0.39, 0.29) is 5.78 Å². The topological polar surface area (TPSA) is 51.5 Å². The number of methoxy groups -OCH3 is 1. The molecule has 2 rings (SSSR count). The number of Topliss-reactive ketones (excluding diaryl/α,β-unsaturated/α-hetero) is 1. The van der Waals surface area contributed by atoms with Crippen molar-refractivity contribution in [3.05, 3.63) is 41.6 Å². The summed E-state index contributed by atoms with van der Waals surface area (Å²) in [5.41, 5.74) is 3.06. The fraction of sp³-hybridized carbons (Fsp3) is 0.267. The summed E-state index contributed by atoms with van der Waals surface area (Å²) in [6, 6.07) is 9.73. The standard InChI is InChI=1S/C15H17NO3/c1-10-13(12(18)9-17)15(19-3)14(16(10)2)11-7-5-4-6-8-11/h4-8,17H,9H2,1-3H3. The molecule has 19 heavy (non-hydrogen) atoms. The zero-order valence-corrected chi connectivity index (χ0v) is 11.3. The van der Waals surface area contributed by atoms with Gasteiger partial charge in [0.15, 0.2) is 11.5 Å². The van der Waals surface area contributed by atoms with Gasteiger partial charge in [0.25, 0.3) is 0 Å². The third kappa shape index (κ3) is 2.15. The lowest BCUT2D eigenvalue weighted by molar-refractivity contribution is 0.0900. The predicted octanol–water partition coefficient (Wildman–Crippen LogP) is 2.18. The molecule has 2 aromatic rings. The van der Waals surface area contributed by atoms with Gasteiger partial charge in [0.05, 0.1) is 18.4 Å². The molecule has 0 atom stereocenters. The highest BCUT2D eigenvalue weighted by Crippen LogP contribution is 2.37. The molecule has 4 nitrogen and oxygen atoms in total. The number of benzene rings is 1. The lowest BCUT2D eigenvalue weighted by Crippen LogP contribution is -2.07. The first-order chi connectivity index (χ1) is 9.11. The van der Waals surface area contributed by atoms with Crippen LogP contribution in [0, 0.1) is 6.92 Å². The van der Waals surface area contributed by atoms with Crippen LogP contribution in [0.1, 0.15) is 16.1 Å². The SMILES string of the molecule is COc1c(C(=O)CO)c(C)n(C)c1-c1ccccc1. The van der Waals surface area contributed by atoms with Crippen molar-refractivity contribution < 1.29 is 14.6 Å². The van der Waals surface area contributed by atoms with Crippen LogP contribution in [0.15, 0.2) is 30.3 Å². The minimum atomic E-state index is -0.518. The number of rotatable bonds is 4. The van der Waals surface area contributed by atoms with Gasteiger partial charge in [-0.2, -0.15) is 0 Å². The van der Waals surface area contributed by atoms with Gasteiger partial charge in [0.1, 0.15) is 6.61 Å². The summed E-state index contributed by atoms with van der Waals surface area (Å²) in [5, 5.41) is 9.09. The zero-order chi connectivity index (χ0) is 14.0. The molecule has 4 heteroatoms. The summed E-state index contributed by atoms with van der Waals surface area (Å²) in [7, 11) is 3.42. The van der Waals surface area contributed by atoms with Crippen molar-refractivity contribution in [1.82, 2.24) is 4.57 Å². The molecule has 1 aromatic heterocycles. The monoisotopic (exact) mass is 259 g/mol. The van der Waals surface area contributed by atoms with E-state index in [1.54, 1.807) is 0 Å². The minimum absolute atomic E-state index is 0.327. The molecule has 1 N–H and O–H groups in total. The van der Waals surface area contributed by atoms with Gasteiger partial charge in [-0.3, -0.25) is 4.79 Å². The molecule has 1 aromatic carbocycles. The van der Waals surface area contributed by atoms with E-state index in [1.807, 2.05) is 48.9 Å². The van der Waals surface area contributed by atoms with E-state index in [2.05, 4.69) is 0 Å². The number of aliphatic hydroxyl groups excluding tert-OH is 1. The molecule has 0 saturated carbocycles. The smallest absolute Gasteiger partial charge is 0.193 e. The van der Waals surface area contributed by atoms with E-state index in [0.29, 0.717) is 11.3 Å². The first-order valence-electron chi connectivity index (χ1n) is 6.04. The van der Waals surface area contributed by atoms with Crippen LogP contribution in [0.4, 0.5) is 0 Å². The number of hydrogen-bond acceptors (Lipinski definition) is 3. The second kappa shape index (κ2) is 5.28. The van der Waals surface area contributed by atoms with Gasteiger partial charge in [-0.1, -0.05) is 30.3 Å². The fourth-order valence-corrected chi connectivity index (χ4v) is 2.30. The number of carbonyl (C=O) groups is 1. The lowest BCUT2D eigenvalue weighted by atomic mass is 10.1. The number of aromatic nitrogens is 1. The van der Waals surface area contributed by atoms with Crippen LogP contribution >= 0.6 is 0 Å². The van der Waals surface area contributed by atoms with E-state index in [4.69, 9.17) is 9.84 Å². The number of carbonyl (C=O) groups excluding carboxylic acids is 1. The molecule has 1 heterocycles. The molecule has 0 saturated heterocycles. The maximum absolute atomic E-state index is 11.9. The summed E-state index contributed by atoms with van der Waals surface area (Å²) in [6.07, 6.45) is 0. The Morgan fingerprint density at radius 3 is 2.47 bits per heavy atom. The average Bonchev–Trinajstić information content (AvgIpc) is 2.71. The molecule has 0 spiro atoms. The third-order valence-corrected chi connectivity index (χ3v) is 3.32. The van der Waals surface area contributed by atoms with Crippen molar-refractivity contribution in [2.75, 3.05) is 13.7 Å². The van der Waals surface area contributed by atoms with Gasteiger partial charge in [-0.05, 0) is 6.92 Å². The predicted molar refractivity (Wildman–Crippen MR) is 73.6 cm³/mol. The van der Waals surface area contributed by atoms with Crippen LogP contribution in [0.25, 0.3) is 11.3 Å². The molecule has 0 bridgehead atoms. The molecule has 0 radical (unpaired) electrons. The van der Waals surface area contributed by atoms with Gasteiger partial charge in [-0.25, -0.2) is 0 Å². The number of nitrogens with zero attached hydrogens (tertiary/aromatic N) is 1. The maximum Gasteiger partial charge on any atom is 0.193 e. The van der Waals surface area contributed by atoms with Gasteiger partial charge >= 0.3 is 0 Å². The van der Waals surface area contributed by atoms with Gasteiger partial charge < -0.3 is 14.4 Å². The van der Waals surface area contributed by atoms with E-state index in [0.717, 1.165) is 17.0 Å². The average molecular weight is 259 g/mol. The highest BCUT2D eigenvalue weighted by Gasteiger charge is 2.24. The highest BCUT2D eigenvalue weighted by molar-refractivity contribution is 6.03. The quantitative estimate of drug-likeness (QED) is 0.856. The van der Waals surface area contributed by atoms with Gasteiger partial charge in [0.2, 0.25) is 0 Å². The highest BCUT2D eigenvalue weighted by atomic mass is 16.5. The van der Waals surface area contributed by atoms with E-state index < -0.39 is 6.61 Å². The van der Waals surface area contributed by atoms with Crippen molar-refractivity contribution in [2.45, 2.75) is 6.92 Å². The molecule has 0 amide bonds. The van der Waals surface area contributed by atoms with Crippen molar-refractivity contribution >= 4 is 5.78 Å². The number of ketones is 1. The zero-order valence-electron chi connectivity index (χ0n) is 11.3. The summed E-state index contributed by atoms with van der Waals surface area (Å²) in [5.74, 6) is 0.192. The van der Waals surface area contributed by atoms with Crippen molar-refractivity contribution in [3.63, 3.8) is 0 Å². The molecule has 0 aliphatic heterocycles. The van der Waals surface area contributed by atoms with E-state index >= 15 is 0 Å². The summed E-state index contributed by atoms with van der Waals surface area (Å²) >= 11 is 0. The summed E-state index contributed by atoms with van der Waals surface area (Å²) in [4.78, 5) is 11.9. The molecule has 0 fully saturated rings. The number of aliphatic hydroxyl groups is 1. The second-order valence-electron chi connectivity index (χ2n) is 4.35. The number of ether oxygens (including phenoxy) is 1.